The fourth-order valence-electron chi connectivity index (χ4n) is 1.35. The smallest absolute Gasteiger partial charge is 0.408 e. The molecule has 0 aromatic carbocycles. The standard InChI is InChI=1S/C11H18N4O4/c1-11(2,3)19-10(18)12-8(9(16)17)5-7-6-15(4)14-13-7/h6,8H,5H2,1-4H3,(H,12,18)(H,16,17). The van der Waals surface area contributed by atoms with Crippen molar-refractivity contribution in [2.45, 2.75) is 38.8 Å². The number of hydrogen-bond acceptors (Lipinski definition) is 5. The van der Waals surface area contributed by atoms with Crippen molar-refractivity contribution >= 4 is 12.1 Å². The summed E-state index contributed by atoms with van der Waals surface area (Å²) in [4.78, 5) is 22.6. The number of carbonyl (C=O) groups is 2. The molecule has 0 radical (unpaired) electrons. The Kier molecular flexibility index (Phi) is 4.47. The van der Waals surface area contributed by atoms with Gasteiger partial charge >= 0.3 is 12.1 Å². The fraction of sp³-hybridized carbons (Fsp3) is 0.636. The number of nitrogens with one attached hydrogen (secondary N) is 1. The third kappa shape index (κ3) is 5.36. The fourth-order valence-corrected chi connectivity index (χ4v) is 1.35. The monoisotopic (exact) mass is 270 g/mol. The Labute approximate surface area is 110 Å². The SMILES string of the molecule is Cn1cc(CC(NC(=O)OC(C)(C)C)C(=O)O)nn1. The van der Waals surface area contributed by atoms with Gasteiger partial charge in [0.15, 0.2) is 0 Å². The highest BCUT2D eigenvalue weighted by molar-refractivity contribution is 5.80. The van der Waals surface area contributed by atoms with E-state index in [2.05, 4.69) is 15.6 Å². The topological polar surface area (TPSA) is 106 Å². The van der Waals surface area contributed by atoms with E-state index in [-0.39, 0.29) is 6.42 Å². The molecular formula is C11H18N4O4. The van der Waals surface area contributed by atoms with Gasteiger partial charge in [0, 0.05) is 19.7 Å². The lowest BCUT2D eigenvalue weighted by atomic mass is 10.1. The van der Waals surface area contributed by atoms with Crippen LogP contribution >= 0.6 is 0 Å². The third-order valence-corrected chi connectivity index (χ3v) is 2.05. The summed E-state index contributed by atoms with van der Waals surface area (Å²) in [6, 6.07) is -1.11. The van der Waals surface area contributed by atoms with E-state index in [0.29, 0.717) is 5.69 Å². The Bertz CT molecular complexity index is 464. The number of amides is 1. The van der Waals surface area contributed by atoms with Crippen LogP contribution in [0.5, 0.6) is 0 Å². The number of carbonyl (C=O) groups excluding carboxylic acids is 1. The molecule has 2 N–H and O–H groups in total. The molecule has 106 valence electrons. The van der Waals surface area contributed by atoms with Gasteiger partial charge in [0.2, 0.25) is 0 Å². The minimum absolute atomic E-state index is 0.0441. The van der Waals surface area contributed by atoms with E-state index in [4.69, 9.17) is 9.84 Å². The van der Waals surface area contributed by atoms with Crippen LogP contribution in [-0.4, -0.2) is 43.8 Å². The molecule has 8 heteroatoms. The van der Waals surface area contributed by atoms with E-state index in [0.717, 1.165) is 0 Å². The van der Waals surface area contributed by atoms with Crippen LogP contribution in [0.3, 0.4) is 0 Å². The summed E-state index contributed by atoms with van der Waals surface area (Å²) in [5, 5.41) is 18.8. The molecule has 0 aliphatic rings. The average molecular weight is 270 g/mol. The summed E-state index contributed by atoms with van der Waals surface area (Å²) in [6.45, 7) is 5.10. The Morgan fingerprint density at radius 3 is 2.58 bits per heavy atom. The van der Waals surface area contributed by atoms with Crippen molar-refractivity contribution in [1.82, 2.24) is 20.3 Å². The number of aliphatic carboxylic acids is 1. The van der Waals surface area contributed by atoms with Gasteiger partial charge in [-0.2, -0.15) is 0 Å². The summed E-state index contributed by atoms with van der Waals surface area (Å²) in [7, 11) is 1.67. The summed E-state index contributed by atoms with van der Waals surface area (Å²) in [5.41, 5.74) is -0.203. The van der Waals surface area contributed by atoms with Crippen molar-refractivity contribution in [2.24, 2.45) is 7.05 Å². The van der Waals surface area contributed by atoms with Gasteiger partial charge in [-0.1, -0.05) is 5.21 Å². The highest BCUT2D eigenvalue weighted by Gasteiger charge is 2.25. The quantitative estimate of drug-likeness (QED) is 0.816. The number of aryl methyl sites for hydroxylation is 1. The van der Waals surface area contributed by atoms with Crippen LogP contribution in [0.2, 0.25) is 0 Å². The molecule has 0 aliphatic carbocycles. The van der Waals surface area contributed by atoms with Crippen molar-refractivity contribution in [3.05, 3.63) is 11.9 Å². The molecule has 0 saturated carbocycles. The van der Waals surface area contributed by atoms with Crippen LogP contribution < -0.4 is 5.32 Å². The molecule has 0 fully saturated rings. The zero-order valence-corrected chi connectivity index (χ0v) is 11.4. The zero-order valence-electron chi connectivity index (χ0n) is 11.4. The predicted molar refractivity (Wildman–Crippen MR) is 65.5 cm³/mol. The van der Waals surface area contributed by atoms with Crippen LogP contribution in [0.25, 0.3) is 0 Å². The molecule has 1 atom stereocenters. The minimum Gasteiger partial charge on any atom is -0.480 e. The van der Waals surface area contributed by atoms with Gasteiger partial charge in [0.1, 0.15) is 11.6 Å². The van der Waals surface area contributed by atoms with E-state index in [1.165, 1.54) is 4.68 Å². The van der Waals surface area contributed by atoms with Crippen molar-refractivity contribution in [2.75, 3.05) is 0 Å². The second-order valence-electron chi connectivity index (χ2n) is 5.12. The molecule has 1 amide bonds. The van der Waals surface area contributed by atoms with Crippen LogP contribution in [0.4, 0.5) is 4.79 Å². The van der Waals surface area contributed by atoms with Gasteiger partial charge in [0.05, 0.1) is 5.69 Å². The first kappa shape index (κ1) is 14.9. The molecular weight excluding hydrogens is 252 g/mol. The summed E-state index contributed by atoms with van der Waals surface area (Å²) >= 11 is 0. The summed E-state index contributed by atoms with van der Waals surface area (Å²) in [6.07, 6.45) is 0.860. The maximum Gasteiger partial charge on any atom is 0.408 e. The lowest BCUT2D eigenvalue weighted by Crippen LogP contribution is -2.44. The van der Waals surface area contributed by atoms with Crippen LogP contribution in [0, 0.1) is 0 Å². The third-order valence-electron chi connectivity index (χ3n) is 2.05. The number of carboxylic acids is 1. The van der Waals surface area contributed by atoms with Crippen molar-refractivity contribution in [1.29, 1.82) is 0 Å². The number of nitrogens with zero attached hydrogens (tertiary/aromatic N) is 3. The summed E-state index contributed by atoms with van der Waals surface area (Å²) in [5.74, 6) is -1.16. The second-order valence-corrected chi connectivity index (χ2v) is 5.12. The van der Waals surface area contributed by atoms with Gasteiger partial charge in [-0.15, -0.1) is 5.10 Å². The Hall–Kier alpha value is -2.12. The molecule has 0 spiro atoms. The average Bonchev–Trinajstić information content (AvgIpc) is 2.60. The number of ether oxygens (including phenoxy) is 1. The van der Waals surface area contributed by atoms with E-state index in [1.807, 2.05) is 0 Å². The number of aromatic nitrogens is 3. The molecule has 0 saturated heterocycles. The predicted octanol–water partition coefficient (Wildman–Crippen LogP) is 0.335. The number of carboxylic acid groups (broad SMARTS) is 1. The van der Waals surface area contributed by atoms with Gasteiger partial charge in [-0.25, -0.2) is 9.59 Å². The molecule has 1 aromatic rings. The van der Waals surface area contributed by atoms with Crippen molar-refractivity contribution in [3.8, 4) is 0 Å². The largest absolute Gasteiger partial charge is 0.480 e. The molecule has 1 unspecified atom stereocenters. The lowest BCUT2D eigenvalue weighted by Gasteiger charge is -2.21. The lowest BCUT2D eigenvalue weighted by molar-refractivity contribution is -0.139. The van der Waals surface area contributed by atoms with E-state index in [9.17, 15) is 9.59 Å². The maximum absolute atomic E-state index is 11.5. The molecule has 1 aromatic heterocycles. The first-order chi connectivity index (χ1) is 8.67. The number of rotatable bonds is 4. The summed E-state index contributed by atoms with van der Waals surface area (Å²) < 4.78 is 6.47. The Morgan fingerprint density at radius 1 is 1.53 bits per heavy atom. The van der Waals surface area contributed by atoms with Gasteiger partial charge in [0.25, 0.3) is 0 Å². The highest BCUT2D eigenvalue weighted by Crippen LogP contribution is 2.07. The number of alkyl carbamates (subject to hydrolysis) is 1. The molecule has 0 aliphatic heterocycles. The zero-order chi connectivity index (χ0) is 14.6. The van der Waals surface area contributed by atoms with Crippen LogP contribution in [0.1, 0.15) is 26.5 Å². The Balaban J connectivity index is 2.63. The van der Waals surface area contributed by atoms with Crippen molar-refractivity contribution in [3.63, 3.8) is 0 Å². The highest BCUT2D eigenvalue weighted by atomic mass is 16.6. The molecule has 1 rings (SSSR count). The van der Waals surface area contributed by atoms with Crippen molar-refractivity contribution < 1.29 is 19.4 Å². The molecule has 8 nitrogen and oxygen atoms in total. The molecule has 0 bridgehead atoms. The molecule has 1 heterocycles. The number of hydrogen-bond donors (Lipinski definition) is 2. The maximum atomic E-state index is 11.5. The first-order valence-corrected chi connectivity index (χ1v) is 5.75. The first-order valence-electron chi connectivity index (χ1n) is 5.75. The van der Waals surface area contributed by atoms with Gasteiger partial charge in [-0.05, 0) is 20.8 Å². The minimum atomic E-state index is -1.16. The van der Waals surface area contributed by atoms with Crippen LogP contribution in [0.15, 0.2) is 6.20 Å². The van der Waals surface area contributed by atoms with E-state index >= 15 is 0 Å². The van der Waals surface area contributed by atoms with E-state index < -0.39 is 23.7 Å². The second kappa shape index (κ2) is 5.68. The normalized spacial score (nSPS) is 12.8. The van der Waals surface area contributed by atoms with E-state index in [1.54, 1.807) is 34.0 Å². The van der Waals surface area contributed by atoms with Crippen LogP contribution in [-0.2, 0) is 23.0 Å². The molecule has 19 heavy (non-hydrogen) atoms. The Morgan fingerprint density at radius 2 is 2.16 bits per heavy atom. The van der Waals surface area contributed by atoms with Gasteiger partial charge < -0.3 is 15.2 Å². The van der Waals surface area contributed by atoms with Gasteiger partial charge in [-0.3, -0.25) is 4.68 Å².